The van der Waals surface area contributed by atoms with Crippen molar-refractivity contribution in [2.75, 3.05) is 0 Å². The summed E-state index contributed by atoms with van der Waals surface area (Å²) in [6.45, 7) is 3.52. The SMILES string of the molecule is Cc1cc(=O)oc2c(C)c(OC(=O)/C=C/c3cccc(F)c3)ccc12. The van der Waals surface area contributed by atoms with Crippen molar-refractivity contribution in [3.63, 3.8) is 0 Å². The van der Waals surface area contributed by atoms with Crippen LogP contribution >= 0.6 is 0 Å². The third-order valence-electron chi connectivity index (χ3n) is 3.79. The maximum absolute atomic E-state index is 13.1. The van der Waals surface area contributed by atoms with Gasteiger partial charge < -0.3 is 9.15 Å². The summed E-state index contributed by atoms with van der Waals surface area (Å²) in [6.07, 6.45) is 2.68. The summed E-state index contributed by atoms with van der Waals surface area (Å²) in [5.74, 6) is -0.692. The molecule has 0 amide bonds. The molecule has 0 saturated carbocycles. The number of fused-ring (bicyclic) bond motifs is 1. The van der Waals surface area contributed by atoms with Crippen LogP contribution in [-0.4, -0.2) is 5.97 Å². The van der Waals surface area contributed by atoms with Gasteiger partial charge in [-0.25, -0.2) is 14.0 Å². The van der Waals surface area contributed by atoms with E-state index >= 15 is 0 Å². The van der Waals surface area contributed by atoms with E-state index in [-0.39, 0.29) is 5.82 Å². The van der Waals surface area contributed by atoms with E-state index in [2.05, 4.69) is 0 Å². The number of carbonyl (C=O) groups excluding carboxylic acids is 1. The molecule has 0 radical (unpaired) electrons. The number of carbonyl (C=O) groups is 1. The van der Waals surface area contributed by atoms with Crippen LogP contribution in [-0.2, 0) is 4.79 Å². The third-order valence-corrected chi connectivity index (χ3v) is 3.79. The summed E-state index contributed by atoms with van der Waals surface area (Å²) in [5, 5.41) is 0.784. The van der Waals surface area contributed by atoms with Crippen LogP contribution < -0.4 is 10.4 Å². The van der Waals surface area contributed by atoms with Gasteiger partial charge in [-0.05, 0) is 55.3 Å². The first-order chi connectivity index (χ1) is 11.9. The predicted molar refractivity (Wildman–Crippen MR) is 93.0 cm³/mol. The summed E-state index contributed by atoms with van der Waals surface area (Å²) in [6, 6.07) is 10.7. The Morgan fingerprint density at radius 1 is 1.16 bits per heavy atom. The Morgan fingerprint density at radius 3 is 2.72 bits per heavy atom. The van der Waals surface area contributed by atoms with Crippen molar-refractivity contribution >= 4 is 23.0 Å². The summed E-state index contributed by atoms with van der Waals surface area (Å²) in [4.78, 5) is 23.6. The number of rotatable bonds is 3. The second kappa shape index (κ2) is 6.73. The monoisotopic (exact) mass is 338 g/mol. The smallest absolute Gasteiger partial charge is 0.336 e. The molecule has 1 heterocycles. The highest BCUT2D eigenvalue weighted by Gasteiger charge is 2.12. The molecule has 4 nitrogen and oxygen atoms in total. The van der Waals surface area contributed by atoms with Crippen molar-refractivity contribution in [3.05, 3.63) is 81.5 Å². The van der Waals surface area contributed by atoms with E-state index in [0.29, 0.717) is 22.5 Å². The van der Waals surface area contributed by atoms with E-state index in [1.807, 2.05) is 6.92 Å². The van der Waals surface area contributed by atoms with Crippen molar-refractivity contribution in [3.8, 4) is 5.75 Å². The van der Waals surface area contributed by atoms with Crippen LogP contribution in [0.25, 0.3) is 17.0 Å². The van der Waals surface area contributed by atoms with Gasteiger partial charge in [-0.1, -0.05) is 12.1 Å². The maximum Gasteiger partial charge on any atom is 0.336 e. The molecule has 126 valence electrons. The van der Waals surface area contributed by atoms with Crippen molar-refractivity contribution in [1.29, 1.82) is 0 Å². The minimum Gasteiger partial charge on any atom is -0.423 e. The quantitative estimate of drug-likeness (QED) is 0.311. The Bertz CT molecular complexity index is 1050. The minimum absolute atomic E-state index is 0.301. The zero-order valence-electron chi connectivity index (χ0n) is 13.7. The Hall–Kier alpha value is -3.21. The first-order valence-electron chi connectivity index (χ1n) is 7.63. The van der Waals surface area contributed by atoms with Crippen LogP contribution in [0, 0.1) is 19.7 Å². The number of aryl methyl sites for hydroxylation is 2. The number of hydrogen-bond acceptors (Lipinski definition) is 4. The molecule has 0 unspecified atom stereocenters. The van der Waals surface area contributed by atoms with Gasteiger partial charge in [0.05, 0.1) is 0 Å². The van der Waals surface area contributed by atoms with E-state index < -0.39 is 11.6 Å². The zero-order valence-corrected chi connectivity index (χ0v) is 13.7. The number of esters is 1. The molecule has 0 aliphatic carbocycles. The molecule has 5 heteroatoms. The lowest BCUT2D eigenvalue weighted by molar-refractivity contribution is -0.128. The van der Waals surface area contributed by atoms with Crippen LogP contribution in [0.4, 0.5) is 4.39 Å². The molecule has 2 aromatic carbocycles. The van der Waals surface area contributed by atoms with Gasteiger partial charge in [0.25, 0.3) is 0 Å². The fraction of sp³-hybridized carbons (Fsp3) is 0.100. The second-order valence-corrected chi connectivity index (χ2v) is 5.62. The molecule has 0 atom stereocenters. The van der Waals surface area contributed by atoms with Gasteiger partial charge in [-0.15, -0.1) is 0 Å². The predicted octanol–water partition coefficient (Wildman–Crippen LogP) is 4.17. The van der Waals surface area contributed by atoms with Crippen LogP contribution in [0.1, 0.15) is 16.7 Å². The molecule has 3 rings (SSSR count). The lowest BCUT2D eigenvalue weighted by atomic mass is 10.1. The molecule has 0 bridgehead atoms. The van der Waals surface area contributed by atoms with Crippen LogP contribution in [0.3, 0.4) is 0 Å². The topological polar surface area (TPSA) is 56.5 Å². The first-order valence-corrected chi connectivity index (χ1v) is 7.63. The summed E-state index contributed by atoms with van der Waals surface area (Å²) >= 11 is 0. The molecule has 25 heavy (non-hydrogen) atoms. The lowest BCUT2D eigenvalue weighted by Gasteiger charge is -2.08. The first kappa shape index (κ1) is 16.6. The molecule has 0 N–H and O–H groups in total. The number of halogens is 1. The Morgan fingerprint density at radius 2 is 1.96 bits per heavy atom. The average Bonchev–Trinajstić information content (AvgIpc) is 2.56. The normalized spacial score (nSPS) is 11.2. The van der Waals surface area contributed by atoms with Crippen molar-refractivity contribution in [2.24, 2.45) is 0 Å². The Balaban J connectivity index is 1.86. The van der Waals surface area contributed by atoms with E-state index in [0.717, 1.165) is 10.9 Å². The standard InChI is InChI=1S/C20H15FO4/c1-12-10-19(23)25-20-13(2)17(8-7-16(12)20)24-18(22)9-6-14-4-3-5-15(21)11-14/h3-11H,1-2H3/b9-6+. The highest BCUT2D eigenvalue weighted by atomic mass is 19.1. The third kappa shape index (κ3) is 3.66. The largest absolute Gasteiger partial charge is 0.423 e. The Kier molecular flexibility index (Phi) is 4.48. The van der Waals surface area contributed by atoms with Crippen LogP contribution in [0.5, 0.6) is 5.75 Å². The average molecular weight is 338 g/mol. The molecular formula is C20H15FO4. The van der Waals surface area contributed by atoms with Gasteiger partial charge in [-0.3, -0.25) is 0 Å². The van der Waals surface area contributed by atoms with Crippen molar-refractivity contribution < 1.29 is 18.3 Å². The van der Waals surface area contributed by atoms with Gasteiger partial charge in [0.1, 0.15) is 17.1 Å². The van der Waals surface area contributed by atoms with Gasteiger partial charge in [0.15, 0.2) is 0 Å². The van der Waals surface area contributed by atoms with Crippen molar-refractivity contribution in [2.45, 2.75) is 13.8 Å². The van der Waals surface area contributed by atoms with Crippen LogP contribution in [0.15, 0.2) is 57.8 Å². The van der Waals surface area contributed by atoms with E-state index in [4.69, 9.17) is 9.15 Å². The van der Waals surface area contributed by atoms with Crippen LogP contribution in [0.2, 0.25) is 0 Å². The summed E-state index contributed by atoms with van der Waals surface area (Å²) in [7, 11) is 0. The number of benzene rings is 2. The van der Waals surface area contributed by atoms with Gasteiger partial charge in [0.2, 0.25) is 0 Å². The zero-order chi connectivity index (χ0) is 18.0. The molecule has 0 aliphatic rings. The molecule has 3 aromatic rings. The molecule has 0 saturated heterocycles. The van der Waals surface area contributed by atoms with E-state index in [9.17, 15) is 14.0 Å². The lowest BCUT2D eigenvalue weighted by Crippen LogP contribution is -2.06. The molecule has 0 spiro atoms. The van der Waals surface area contributed by atoms with Gasteiger partial charge >= 0.3 is 11.6 Å². The van der Waals surface area contributed by atoms with E-state index in [1.54, 1.807) is 31.2 Å². The maximum atomic E-state index is 13.1. The fourth-order valence-corrected chi connectivity index (χ4v) is 2.53. The molecule has 0 aliphatic heterocycles. The Labute approximate surface area is 143 Å². The summed E-state index contributed by atoms with van der Waals surface area (Å²) < 4.78 is 23.7. The fourth-order valence-electron chi connectivity index (χ4n) is 2.53. The number of hydrogen-bond donors (Lipinski definition) is 0. The molecule has 0 fully saturated rings. The number of ether oxygens (including phenoxy) is 1. The second-order valence-electron chi connectivity index (χ2n) is 5.62. The van der Waals surface area contributed by atoms with Crippen molar-refractivity contribution in [1.82, 2.24) is 0 Å². The van der Waals surface area contributed by atoms with Gasteiger partial charge in [0, 0.05) is 23.1 Å². The highest BCUT2D eigenvalue weighted by molar-refractivity contribution is 5.90. The summed E-state index contributed by atoms with van der Waals surface area (Å²) in [5.41, 5.74) is 1.84. The highest BCUT2D eigenvalue weighted by Crippen LogP contribution is 2.28. The molecule has 1 aromatic heterocycles. The minimum atomic E-state index is -0.610. The van der Waals surface area contributed by atoms with Gasteiger partial charge in [-0.2, -0.15) is 0 Å². The molecular weight excluding hydrogens is 323 g/mol. The van der Waals surface area contributed by atoms with E-state index in [1.165, 1.54) is 30.4 Å².